The summed E-state index contributed by atoms with van der Waals surface area (Å²) >= 11 is 0. The van der Waals surface area contributed by atoms with Crippen molar-refractivity contribution in [3.05, 3.63) is 96.3 Å². The summed E-state index contributed by atoms with van der Waals surface area (Å²) in [6.45, 7) is 6.41. The van der Waals surface area contributed by atoms with Gasteiger partial charge in [-0.15, -0.1) is 0 Å². The molecule has 1 saturated heterocycles. The molecule has 1 aliphatic rings. The number of carbonyl (C=O) groups excluding carboxylic acids is 1. The number of aromatic nitrogens is 2. The van der Waals surface area contributed by atoms with Gasteiger partial charge in [-0.1, -0.05) is 60.7 Å². The van der Waals surface area contributed by atoms with Crippen molar-refractivity contribution in [2.24, 2.45) is 0 Å². The highest BCUT2D eigenvalue weighted by Crippen LogP contribution is 2.25. The molecule has 0 saturated carbocycles. The van der Waals surface area contributed by atoms with Crippen molar-refractivity contribution in [1.82, 2.24) is 19.4 Å². The van der Waals surface area contributed by atoms with E-state index < -0.39 is 0 Å². The minimum atomic E-state index is -0.287. The van der Waals surface area contributed by atoms with Crippen LogP contribution in [0.5, 0.6) is 5.75 Å². The Labute approximate surface area is 200 Å². The molecule has 0 radical (unpaired) electrons. The highest BCUT2D eigenvalue weighted by molar-refractivity contribution is 5.81. The van der Waals surface area contributed by atoms with Crippen molar-refractivity contribution in [1.29, 1.82) is 0 Å². The first-order chi connectivity index (χ1) is 16.7. The van der Waals surface area contributed by atoms with E-state index >= 15 is 0 Å². The molecule has 1 aliphatic heterocycles. The Balaban J connectivity index is 1.28. The van der Waals surface area contributed by atoms with Gasteiger partial charge < -0.3 is 14.2 Å². The molecule has 5 rings (SSSR count). The van der Waals surface area contributed by atoms with Crippen molar-refractivity contribution >= 4 is 16.9 Å². The standard InChI is InChI=1S/C28H30N4O2/c1-22(34-24-12-6-3-7-13-24)28-29-25-14-8-9-15-26(25)32(28)21-27(33)31-18-16-30(17-19-31)20-23-10-4-2-5-11-23/h2-15,22H,16-21H2,1H3/t22-/m0/s1. The molecule has 0 bridgehead atoms. The number of hydrogen-bond acceptors (Lipinski definition) is 4. The number of fused-ring (bicyclic) bond motifs is 1. The summed E-state index contributed by atoms with van der Waals surface area (Å²) in [5, 5.41) is 0. The number of para-hydroxylation sites is 3. The number of rotatable bonds is 7. The minimum Gasteiger partial charge on any atom is -0.483 e. The molecule has 2 heterocycles. The number of nitrogens with zero attached hydrogens (tertiary/aromatic N) is 4. The van der Waals surface area contributed by atoms with Gasteiger partial charge in [-0.3, -0.25) is 9.69 Å². The van der Waals surface area contributed by atoms with Gasteiger partial charge in [0.1, 0.15) is 12.3 Å². The molecule has 174 valence electrons. The monoisotopic (exact) mass is 454 g/mol. The smallest absolute Gasteiger partial charge is 0.242 e. The quantitative estimate of drug-likeness (QED) is 0.412. The van der Waals surface area contributed by atoms with Crippen LogP contribution in [0.3, 0.4) is 0 Å². The summed E-state index contributed by atoms with van der Waals surface area (Å²) in [4.78, 5) is 22.5. The maximum Gasteiger partial charge on any atom is 0.242 e. The first-order valence-electron chi connectivity index (χ1n) is 11.9. The van der Waals surface area contributed by atoms with Crippen LogP contribution in [0, 0.1) is 0 Å². The number of imidazole rings is 1. The van der Waals surface area contributed by atoms with Crippen molar-refractivity contribution in [3.63, 3.8) is 0 Å². The lowest BCUT2D eigenvalue weighted by atomic mass is 10.2. The molecule has 4 aromatic rings. The third-order valence-corrected chi connectivity index (χ3v) is 6.37. The van der Waals surface area contributed by atoms with E-state index in [9.17, 15) is 4.79 Å². The first-order valence-corrected chi connectivity index (χ1v) is 11.9. The number of benzene rings is 3. The molecular formula is C28H30N4O2. The van der Waals surface area contributed by atoms with Crippen molar-refractivity contribution < 1.29 is 9.53 Å². The van der Waals surface area contributed by atoms with E-state index in [0.29, 0.717) is 0 Å². The second kappa shape index (κ2) is 10.1. The number of hydrogen-bond donors (Lipinski definition) is 0. The highest BCUT2D eigenvalue weighted by atomic mass is 16.5. The molecule has 0 spiro atoms. The number of carbonyl (C=O) groups is 1. The Morgan fingerprint density at radius 2 is 1.53 bits per heavy atom. The lowest BCUT2D eigenvalue weighted by Crippen LogP contribution is -2.49. The number of ether oxygens (including phenoxy) is 1. The summed E-state index contributed by atoms with van der Waals surface area (Å²) in [6, 6.07) is 28.2. The average Bonchev–Trinajstić information content (AvgIpc) is 3.24. The zero-order valence-electron chi connectivity index (χ0n) is 19.5. The van der Waals surface area contributed by atoms with Crippen LogP contribution < -0.4 is 4.74 Å². The molecule has 0 unspecified atom stereocenters. The Morgan fingerprint density at radius 1 is 0.882 bits per heavy atom. The summed E-state index contributed by atoms with van der Waals surface area (Å²) in [5.41, 5.74) is 3.14. The molecule has 0 N–H and O–H groups in total. The molecule has 0 aliphatic carbocycles. The van der Waals surface area contributed by atoms with Gasteiger partial charge in [-0.05, 0) is 36.8 Å². The second-order valence-electron chi connectivity index (χ2n) is 8.76. The van der Waals surface area contributed by atoms with Gasteiger partial charge in [0.25, 0.3) is 0 Å². The molecule has 1 fully saturated rings. The van der Waals surface area contributed by atoms with E-state index in [1.165, 1.54) is 5.56 Å². The van der Waals surface area contributed by atoms with Crippen molar-refractivity contribution in [2.75, 3.05) is 26.2 Å². The molecule has 1 atom stereocenters. The maximum atomic E-state index is 13.3. The van der Waals surface area contributed by atoms with Crippen LogP contribution in [0.2, 0.25) is 0 Å². The molecule has 6 nitrogen and oxygen atoms in total. The fourth-order valence-electron chi connectivity index (χ4n) is 4.56. The SMILES string of the molecule is C[C@H](Oc1ccccc1)c1nc2ccccc2n1CC(=O)N1CCN(Cc2ccccc2)CC1. The zero-order chi connectivity index (χ0) is 23.3. The van der Waals surface area contributed by atoms with E-state index in [1.54, 1.807) is 0 Å². The van der Waals surface area contributed by atoms with Crippen LogP contribution in [0.1, 0.15) is 24.4 Å². The van der Waals surface area contributed by atoms with E-state index in [4.69, 9.17) is 9.72 Å². The molecular weight excluding hydrogens is 424 g/mol. The van der Waals surface area contributed by atoms with E-state index in [0.717, 1.165) is 55.3 Å². The van der Waals surface area contributed by atoms with Crippen molar-refractivity contribution in [3.8, 4) is 5.75 Å². The molecule has 1 aromatic heterocycles. The Bertz CT molecular complexity index is 1230. The second-order valence-corrected chi connectivity index (χ2v) is 8.76. The lowest BCUT2D eigenvalue weighted by Gasteiger charge is -2.35. The average molecular weight is 455 g/mol. The summed E-state index contributed by atoms with van der Waals surface area (Å²) in [6.07, 6.45) is -0.287. The normalized spacial score (nSPS) is 15.4. The van der Waals surface area contributed by atoms with Crippen LogP contribution in [-0.4, -0.2) is 51.4 Å². The van der Waals surface area contributed by atoms with E-state index in [-0.39, 0.29) is 18.6 Å². The molecule has 6 heteroatoms. The predicted octanol–water partition coefficient (Wildman–Crippen LogP) is 4.52. The maximum absolute atomic E-state index is 13.3. The third-order valence-electron chi connectivity index (χ3n) is 6.37. The van der Waals surface area contributed by atoms with Gasteiger partial charge in [0, 0.05) is 32.7 Å². The van der Waals surface area contributed by atoms with E-state index in [1.807, 2.05) is 77.1 Å². The summed E-state index contributed by atoms with van der Waals surface area (Å²) < 4.78 is 8.17. The minimum absolute atomic E-state index is 0.121. The summed E-state index contributed by atoms with van der Waals surface area (Å²) in [5.74, 6) is 1.67. The van der Waals surface area contributed by atoms with Gasteiger partial charge >= 0.3 is 0 Å². The van der Waals surface area contributed by atoms with Gasteiger partial charge in [-0.2, -0.15) is 0 Å². The van der Waals surface area contributed by atoms with Crippen LogP contribution in [0.25, 0.3) is 11.0 Å². The van der Waals surface area contributed by atoms with Gasteiger partial charge in [0.2, 0.25) is 5.91 Å². The zero-order valence-corrected chi connectivity index (χ0v) is 19.5. The fourth-order valence-corrected chi connectivity index (χ4v) is 4.56. The van der Waals surface area contributed by atoms with Gasteiger partial charge in [0.05, 0.1) is 11.0 Å². The predicted molar refractivity (Wildman–Crippen MR) is 134 cm³/mol. The topological polar surface area (TPSA) is 50.6 Å². The lowest BCUT2D eigenvalue weighted by molar-refractivity contribution is -0.133. The molecule has 1 amide bonds. The Kier molecular flexibility index (Phi) is 6.58. The Hall–Kier alpha value is -3.64. The molecule has 34 heavy (non-hydrogen) atoms. The Morgan fingerprint density at radius 3 is 2.26 bits per heavy atom. The summed E-state index contributed by atoms with van der Waals surface area (Å²) in [7, 11) is 0. The van der Waals surface area contributed by atoms with Crippen LogP contribution in [0.4, 0.5) is 0 Å². The van der Waals surface area contributed by atoms with Crippen molar-refractivity contribution in [2.45, 2.75) is 26.1 Å². The van der Waals surface area contributed by atoms with Gasteiger partial charge in [-0.25, -0.2) is 4.98 Å². The fraction of sp³-hybridized carbons (Fsp3) is 0.286. The van der Waals surface area contributed by atoms with E-state index in [2.05, 4.69) is 29.2 Å². The third kappa shape index (κ3) is 4.97. The number of amides is 1. The van der Waals surface area contributed by atoms with Crippen LogP contribution in [-0.2, 0) is 17.9 Å². The van der Waals surface area contributed by atoms with Crippen LogP contribution in [0.15, 0.2) is 84.9 Å². The highest BCUT2D eigenvalue weighted by Gasteiger charge is 2.25. The van der Waals surface area contributed by atoms with Gasteiger partial charge in [0.15, 0.2) is 11.9 Å². The first kappa shape index (κ1) is 22.2. The van der Waals surface area contributed by atoms with Crippen LogP contribution >= 0.6 is 0 Å². The largest absolute Gasteiger partial charge is 0.483 e. The molecule has 3 aromatic carbocycles. The number of piperazine rings is 1.